The number of aryl methyl sites for hydroxylation is 1. The van der Waals surface area contributed by atoms with Gasteiger partial charge in [0.15, 0.2) is 0 Å². The van der Waals surface area contributed by atoms with Gasteiger partial charge in [-0.3, -0.25) is 4.79 Å². The molecule has 0 bridgehead atoms. The number of pyridine rings is 1. The number of rotatable bonds is 4. The van der Waals surface area contributed by atoms with E-state index in [1.54, 1.807) is 17.9 Å². The van der Waals surface area contributed by atoms with Crippen molar-refractivity contribution in [2.75, 3.05) is 25.4 Å². The van der Waals surface area contributed by atoms with Crippen molar-refractivity contribution in [3.8, 4) is 0 Å². The molecule has 1 saturated heterocycles. The number of hydrogen-bond acceptors (Lipinski definition) is 5. The van der Waals surface area contributed by atoms with Crippen molar-refractivity contribution >= 4 is 34.2 Å². The Morgan fingerprint density at radius 2 is 1.84 bits per heavy atom. The van der Waals surface area contributed by atoms with Gasteiger partial charge >= 0.3 is 6.18 Å². The number of carbonyl (C=O) groups excluding carboxylic acids is 1. The molecule has 1 atom stereocenters. The summed E-state index contributed by atoms with van der Waals surface area (Å²) in [6, 6.07) is 4.64. The molecule has 0 saturated carbocycles. The van der Waals surface area contributed by atoms with E-state index >= 15 is 0 Å². The third kappa shape index (κ3) is 5.16. The minimum Gasteiger partial charge on any atom is -0.383 e. The highest BCUT2D eigenvalue weighted by molar-refractivity contribution is 7.89. The summed E-state index contributed by atoms with van der Waals surface area (Å²) in [7, 11) is -3.99. The average Bonchev–Trinajstić information content (AvgIpc) is 2.73. The molecule has 1 amide bonds. The van der Waals surface area contributed by atoms with Crippen LogP contribution in [0, 0.1) is 0 Å². The number of amides is 1. The average molecular weight is 493 g/mol. The van der Waals surface area contributed by atoms with Crippen LogP contribution in [0.4, 0.5) is 19.0 Å². The Morgan fingerprint density at radius 1 is 1.22 bits per heavy atom. The van der Waals surface area contributed by atoms with Gasteiger partial charge in [0, 0.05) is 31.9 Å². The van der Waals surface area contributed by atoms with Gasteiger partial charge in [0.1, 0.15) is 5.82 Å². The number of anilines is 1. The predicted octanol–water partition coefficient (Wildman–Crippen LogP) is 3.20. The fourth-order valence-electron chi connectivity index (χ4n) is 3.50. The lowest BCUT2D eigenvalue weighted by Crippen LogP contribution is -2.55. The minimum atomic E-state index is -4.54. The number of halogens is 4. The van der Waals surface area contributed by atoms with E-state index in [1.807, 2.05) is 6.92 Å². The molecule has 0 aliphatic carbocycles. The van der Waals surface area contributed by atoms with Crippen LogP contribution in [0.15, 0.2) is 41.4 Å². The number of nitrogens with zero attached hydrogens (tertiary/aromatic N) is 3. The first-order valence-corrected chi connectivity index (χ1v) is 11.1. The smallest absolute Gasteiger partial charge is 0.383 e. The molecule has 1 aliphatic rings. The molecule has 0 spiro atoms. The summed E-state index contributed by atoms with van der Waals surface area (Å²) < 4.78 is 65.2. The summed E-state index contributed by atoms with van der Waals surface area (Å²) in [5, 5.41) is 0. The molecule has 12 heteroatoms. The fraction of sp³-hybridized carbons (Fsp3) is 0.400. The van der Waals surface area contributed by atoms with Crippen LogP contribution in [0.25, 0.3) is 0 Å². The maximum Gasteiger partial charge on any atom is 0.416 e. The molecule has 2 N–H and O–H groups in total. The summed E-state index contributed by atoms with van der Waals surface area (Å²) in [5.41, 5.74) is 5.99. The summed E-state index contributed by atoms with van der Waals surface area (Å²) in [4.78, 5) is 18.3. The van der Waals surface area contributed by atoms with Crippen molar-refractivity contribution in [3.05, 3.63) is 53.2 Å². The number of nitrogen functional groups attached to an aromatic ring is 1. The van der Waals surface area contributed by atoms with E-state index in [-0.39, 0.29) is 42.8 Å². The normalized spacial score (nSPS) is 17.7. The SMILES string of the molecule is CCc1cc(C(=O)N2CCN(S(=O)(=O)c3ccc(C(F)(F)F)cc3)C[C@@H]2C)cnc1N.Cl. The van der Waals surface area contributed by atoms with Crippen LogP contribution in [0.5, 0.6) is 0 Å². The van der Waals surface area contributed by atoms with Crippen molar-refractivity contribution in [2.24, 2.45) is 0 Å². The topological polar surface area (TPSA) is 96.6 Å². The molecule has 2 heterocycles. The Morgan fingerprint density at radius 3 is 2.38 bits per heavy atom. The number of carbonyl (C=O) groups is 1. The molecule has 1 aliphatic heterocycles. The molecule has 0 radical (unpaired) electrons. The third-order valence-corrected chi connectivity index (χ3v) is 7.18. The molecule has 176 valence electrons. The van der Waals surface area contributed by atoms with Gasteiger partial charge in [-0.15, -0.1) is 12.4 Å². The highest BCUT2D eigenvalue weighted by Crippen LogP contribution is 2.30. The van der Waals surface area contributed by atoms with Gasteiger partial charge in [-0.2, -0.15) is 17.5 Å². The molecule has 7 nitrogen and oxygen atoms in total. The zero-order chi connectivity index (χ0) is 23.0. The van der Waals surface area contributed by atoms with Crippen molar-refractivity contribution in [1.29, 1.82) is 0 Å². The third-order valence-electron chi connectivity index (χ3n) is 5.30. The number of sulfonamides is 1. The largest absolute Gasteiger partial charge is 0.416 e. The fourth-order valence-corrected chi connectivity index (χ4v) is 5.01. The van der Waals surface area contributed by atoms with Crippen LogP contribution in [0.3, 0.4) is 0 Å². The van der Waals surface area contributed by atoms with Gasteiger partial charge in [-0.25, -0.2) is 13.4 Å². The zero-order valence-corrected chi connectivity index (χ0v) is 19.1. The van der Waals surface area contributed by atoms with Gasteiger partial charge in [0.25, 0.3) is 5.91 Å². The van der Waals surface area contributed by atoms with Crippen molar-refractivity contribution in [1.82, 2.24) is 14.2 Å². The standard InChI is InChI=1S/C20H23F3N4O3S.ClH/c1-3-14-10-15(11-25-18(14)24)19(28)27-9-8-26(12-13(27)2)31(29,30)17-6-4-16(5-7-17)20(21,22)23;/h4-7,10-11,13H,3,8-9,12H2,1-2H3,(H2,24,25);1H/t13-;/m0./s1. The maximum atomic E-state index is 12.9. The van der Waals surface area contributed by atoms with E-state index < -0.39 is 27.8 Å². The summed E-state index contributed by atoms with van der Waals surface area (Å²) >= 11 is 0. The van der Waals surface area contributed by atoms with E-state index in [1.165, 1.54) is 10.5 Å². The van der Waals surface area contributed by atoms with Gasteiger partial charge in [0.05, 0.1) is 16.0 Å². The van der Waals surface area contributed by atoms with Crippen LogP contribution in [-0.2, 0) is 22.6 Å². The molecular formula is C20H24ClF3N4O3S. The Kier molecular flexibility index (Phi) is 7.79. The van der Waals surface area contributed by atoms with Crippen LogP contribution in [0.1, 0.15) is 35.3 Å². The number of hydrogen-bond donors (Lipinski definition) is 1. The van der Waals surface area contributed by atoms with Gasteiger partial charge in [-0.05, 0) is 49.2 Å². The van der Waals surface area contributed by atoms with E-state index in [9.17, 15) is 26.4 Å². The Labute approximate surface area is 190 Å². The molecule has 32 heavy (non-hydrogen) atoms. The highest BCUT2D eigenvalue weighted by atomic mass is 35.5. The van der Waals surface area contributed by atoms with Crippen molar-refractivity contribution < 1.29 is 26.4 Å². The highest BCUT2D eigenvalue weighted by Gasteiger charge is 2.36. The van der Waals surface area contributed by atoms with Gasteiger partial charge in [-0.1, -0.05) is 6.92 Å². The van der Waals surface area contributed by atoms with E-state index in [2.05, 4.69) is 4.98 Å². The van der Waals surface area contributed by atoms with Gasteiger partial charge < -0.3 is 10.6 Å². The minimum absolute atomic E-state index is 0. The number of alkyl halides is 3. The first kappa shape index (κ1) is 25.9. The quantitative estimate of drug-likeness (QED) is 0.707. The second-order valence-corrected chi connectivity index (χ2v) is 9.29. The summed E-state index contributed by atoms with van der Waals surface area (Å²) in [6.07, 6.45) is -2.53. The van der Waals surface area contributed by atoms with Crippen LogP contribution < -0.4 is 5.73 Å². The predicted molar refractivity (Wildman–Crippen MR) is 116 cm³/mol. The Hall–Kier alpha value is -2.37. The molecule has 1 aromatic carbocycles. The van der Waals surface area contributed by atoms with E-state index in [0.717, 1.165) is 29.8 Å². The van der Waals surface area contributed by atoms with E-state index in [0.29, 0.717) is 17.8 Å². The lowest BCUT2D eigenvalue weighted by atomic mass is 10.1. The molecule has 1 fully saturated rings. The first-order valence-electron chi connectivity index (χ1n) is 9.68. The second-order valence-electron chi connectivity index (χ2n) is 7.35. The second kappa shape index (κ2) is 9.63. The number of benzene rings is 1. The number of nitrogens with two attached hydrogens (primary N) is 1. The molecule has 2 aromatic rings. The van der Waals surface area contributed by atoms with Gasteiger partial charge in [0.2, 0.25) is 10.0 Å². The zero-order valence-electron chi connectivity index (χ0n) is 17.5. The van der Waals surface area contributed by atoms with Crippen LogP contribution in [0.2, 0.25) is 0 Å². The molecule has 1 aromatic heterocycles. The molecule has 3 rings (SSSR count). The van der Waals surface area contributed by atoms with Crippen LogP contribution in [-0.4, -0.2) is 54.2 Å². The summed E-state index contributed by atoms with van der Waals surface area (Å²) in [6.45, 7) is 3.82. The first-order chi connectivity index (χ1) is 14.4. The monoisotopic (exact) mass is 492 g/mol. The summed E-state index contributed by atoms with van der Waals surface area (Å²) in [5.74, 6) is 0.0841. The van der Waals surface area contributed by atoms with Crippen molar-refractivity contribution in [3.63, 3.8) is 0 Å². The Bertz CT molecular complexity index is 1080. The maximum absolute atomic E-state index is 12.9. The Balaban J connectivity index is 0.00000363. The van der Waals surface area contributed by atoms with Crippen LogP contribution >= 0.6 is 12.4 Å². The lowest BCUT2D eigenvalue weighted by molar-refractivity contribution is -0.137. The number of aromatic nitrogens is 1. The van der Waals surface area contributed by atoms with E-state index in [4.69, 9.17) is 5.73 Å². The lowest BCUT2D eigenvalue weighted by Gasteiger charge is -2.39. The number of piperazine rings is 1. The van der Waals surface area contributed by atoms with Crippen molar-refractivity contribution in [2.45, 2.75) is 37.4 Å². The molecular weight excluding hydrogens is 469 g/mol. The molecule has 0 unspecified atom stereocenters.